The molecule has 0 aromatic carbocycles. The molecular formula is C9H17N3O2. The molecule has 1 aromatic rings. The lowest BCUT2D eigenvalue weighted by Gasteiger charge is -2.02. The van der Waals surface area contributed by atoms with Crippen LogP contribution in [0.2, 0.25) is 0 Å². The van der Waals surface area contributed by atoms with Gasteiger partial charge in [0.2, 0.25) is 5.89 Å². The first-order chi connectivity index (χ1) is 6.77. The van der Waals surface area contributed by atoms with E-state index in [4.69, 9.17) is 15.0 Å². The van der Waals surface area contributed by atoms with E-state index in [1.54, 1.807) is 7.11 Å². The fourth-order valence-corrected chi connectivity index (χ4v) is 1.15. The molecule has 0 amide bonds. The number of methoxy groups -OCH3 is 1. The third-order valence-corrected chi connectivity index (χ3v) is 1.94. The standard InChI is InChI=1S/C9H17N3O2/c1-3-4-7(10)9-11-8(14-12-9)5-6-13-2/h7H,3-6,10H2,1-2H3. The molecule has 0 aliphatic rings. The molecule has 1 unspecified atom stereocenters. The fourth-order valence-electron chi connectivity index (χ4n) is 1.15. The Bertz CT molecular complexity index is 262. The van der Waals surface area contributed by atoms with Crippen molar-refractivity contribution < 1.29 is 9.26 Å². The molecule has 0 saturated carbocycles. The van der Waals surface area contributed by atoms with Gasteiger partial charge in [0.25, 0.3) is 0 Å². The van der Waals surface area contributed by atoms with Gasteiger partial charge in [-0.1, -0.05) is 18.5 Å². The smallest absolute Gasteiger partial charge is 0.229 e. The summed E-state index contributed by atoms with van der Waals surface area (Å²) in [7, 11) is 1.64. The van der Waals surface area contributed by atoms with Gasteiger partial charge in [0.1, 0.15) is 0 Å². The highest BCUT2D eigenvalue weighted by Crippen LogP contribution is 2.11. The Kier molecular flexibility index (Phi) is 4.55. The largest absolute Gasteiger partial charge is 0.384 e. The van der Waals surface area contributed by atoms with Gasteiger partial charge in [0, 0.05) is 7.11 Å². The Morgan fingerprint density at radius 3 is 3.00 bits per heavy atom. The predicted octanol–water partition coefficient (Wildman–Crippen LogP) is 1.06. The van der Waals surface area contributed by atoms with Gasteiger partial charge in [0.15, 0.2) is 5.82 Å². The molecule has 1 heterocycles. The Morgan fingerprint density at radius 1 is 1.57 bits per heavy atom. The Labute approximate surface area is 83.6 Å². The van der Waals surface area contributed by atoms with E-state index in [0.717, 1.165) is 12.8 Å². The van der Waals surface area contributed by atoms with Crippen molar-refractivity contribution in [2.45, 2.75) is 32.2 Å². The van der Waals surface area contributed by atoms with Crippen LogP contribution in [0.4, 0.5) is 0 Å². The zero-order valence-corrected chi connectivity index (χ0v) is 8.69. The fraction of sp³-hybridized carbons (Fsp3) is 0.778. The average Bonchev–Trinajstić information content (AvgIpc) is 2.63. The summed E-state index contributed by atoms with van der Waals surface area (Å²) in [6.45, 7) is 2.66. The van der Waals surface area contributed by atoms with Gasteiger partial charge < -0.3 is 15.0 Å². The summed E-state index contributed by atoms with van der Waals surface area (Å²) in [4.78, 5) is 4.18. The molecule has 0 saturated heterocycles. The highest BCUT2D eigenvalue weighted by Gasteiger charge is 2.12. The third kappa shape index (κ3) is 3.08. The topological polar surface area (TPSA) is 74.2 Å². The van der Waals surface area contributed by atoms with Gasteiger partial charge >= 0.3 is 0 Å². The number of hydrogen-bond acceptors (Lipinski definition) is 5. The summed E-state index contributed by atoms with van der Waals surface area (Å²) < 4.78 is 9.92. The minimum atomic E-state index is -0.111. The lowest BCUT2D eigenvalue weighted by Crippen LogP contribution is -2.11. The minimum absolute atomic E-state index is 0.111. The molecule has 80 valence electrons. The number of ether oxygens (including phenoxy) is 1. The van der Waals surface area contributed by atoms with Crippen molar-refractivity contribution in [3.05, 3.63) is 11.7 Å². The van der Waals surface area contributed by atoms with Gasteiger partial charge in [-0.3, -0.25) is 0 Å². The van der Waals surface area contributed by atoms with Crippen LogP contribution in [0.5, 0.6) is 0 Å². The van der Waals surface area contributed by atoms with Crippen LogP contribution in [0.3, 0.4) is 0 Å². The van der Waals surface area contributed by atoms with E-state index in [9.17, 15) is 0 Å². The zero-order chi connectivity index (χ0) is 10.4. The van der Waals surface area contributed by atoms with E-state index in [0.29, 0.717) is 24.7 Å². The molecule has 5 nitrogen and oxygen atoms in total. The van der Waals surface area contributed by atoms with Crippen molar-refractivity contribution in [2.75, 3.05) is 13.7 Å². The van der Waals surface area contributed by atoms with Crippen LogP contribution in [0.1, 0.15) is 37.5 Å². The van der Waals surface area contributed by atoms with Gasteiger partial charge in [-0.25, -0.2) is 0 Å². The van der Waals surface area contributed by atoms with Gasteiger partial charge in [-0.15, -0.1) is 0 Å². The van der Waals surface area contributed by atoms with Gasteiger partial charge in [0.05, 0.1) is 19.1 Å². The Balaban J connectivity index is 2.49. The SMILES string of the molecule is CCCC(N)c1noc(CCOC)n1. The minimum Gasteiger partial charge on any atom is -0.384 e. The first kappa shape index (κ1) is 11.1. The molecule has 1 rings (SSSR count). The number of hydrogen-bond donors (Lipinski definition) is 1. The molecule has 14 heavy (non-hydrogen) atoms. The highest BCUT2D eigenvalue weighted by molar-refractivity contribution is 4.92. The van der Waals surface area contributed by atoms with Crippen molar-refractivity contribution in [1.29, 1.82) is 0 Å². The van der Waals surface area contributed by atoms with E-state index >= 15 is 0 Å². The zero-order valence-electron chi connectivity index (χ0n) is 8.69. The van der Waals surface area contributed by atoms with E-state index < -0.39 is 0 Å². The lowest BCUT2D eigenvalue weighted by atomic mass is 10.2. The second kappa shape index (κ2) is 5.72. The van der Waals surface area contributed by atoms with Crippen LogP contribution < -0.4 is 5.73 Å². The van der Waals surface area contributed by atoms with Gasteiger partial charge in [-0.2, -0.15) is 4.98 Å². The molecule has 2 N–H and O–H groups in total. The summed E-state index contributed by atoms with van der Waals surface area (Å²) in [6.07, 6.45) is 2.54. The molecular weight excluding hydrogens is 182 g/mol. The normalized spacial score (nSPS) is 13.1. The first-order valence-corrected chi connectivity index (χ1v) is 4.85. The third-order valence-electron chi connectivity index (χ3n) is 1.94. The van der Waals surface area contributed by atoms with Crippen LogP contribution in [-0.4, -0.2) is 23.9 Å². The second-order valence-electron chi connectivity index (χ2n) is 3.18. The van der Waals surface area contributed by atoms with Crippen LogP contribution in [-0.2, 0) is 11.2 Å². The Hall–Kier alpha value is -0.940. The van der Waals surface area contributed by atoms with Crippen molar-refractivity contribution in [1.82, 2.24) is 10.1 Å². The van der Waals surface area contributed by atoms with Crippen molar-refractivity contribution >= 4 is 0 Å². The van der Waals surface area contributed by atoms with Crippen molar-refractivity contribution in [2.24, 2.45) is 5.73 Å². The number of nitrogens with zero attached hydrogens (tertiary/aromatic N) is 2. The first-order valence-electron chi connectivity index (χ1n) is 4.85. The van der Waals surface area contributed by atoms with Gasteiger partial charge in [-0.05, 0) is 6.42 Å². The van der Waals surface area contributed by atoms with Crippen LogP contribution in [0, 0.1) is 0 Å². The Morgan fingerprint density at radius 2 is 2.36 bits per heavy atom. The summed E-state index contributed by atoms with van der Waals surface area (Å²) in [5, 5.41) is 3.82. The lowest BCUT2D eigenvalue weighted by molar-refractivity contribution is 0.192. The molecule has 0 aliphatic heterocycles. The summed E-state index contributed by atoms with van der Waals surface area (Å²) in [5.41, 5.74) is 5.83. The van der Waals surface area contributed by atoms with Crippen LogP contribution >= 0.6 is 0 Å². The van der Waals surface area contributed by atoms with Crippen molar-refractivity contribution in [3.63, 3.8) is 0 Å². The average molecular weight is 199 g/mol. The van der Waals surface area contributed by atoms with E-state index in [2.05, 4.69) is 17.1 Å². The summed E-state index contributed by atoms with van der Waals surface area (Å²) >= 11 is 0. The molecule has 0 spiro atoms. The maximum Gasteiger partial charge on any atom is 0.229 e. The monoisotopic (exact) mass is 199 g/mol. The highest BCUT2D eigenvalue weighted by atomic mass is 16.5. The van der Waals surface area contributed by atoms with Crippen LogP contribution in [0.25, 0.3) is 0 Å². The number of aromatic nitrogens is 2. The number of nitrogens with two attached hydrogens (primary N) is 1. The second-order valence-corrected chi connectivity index (χ2v) is 3.18. The number of rotatable bonds is 6. The molecule has 0 aliphatic carbocycles. The molecule has 5 heteroatoms. The molecule has 1 aromatic heterocycles. The van der Waals surface area contributed by atoms with Crippen molar-refractivity contribution in [3.8, 4) is 0 Å². The summed E-state index contributed by atoms with van der Waals surface area (Å²) in [5.74, 6) is 1.19. The molecule has 0 bridgehead atoms. The van der Waals surface area contributed by atoms with E-state index in [1.807, 2.05) is 0 Å². The molecule has 1 atom stereocenters. The molecule has 0 fully saturated rings. The maximum atomic E-state index is 5.83. The van der Waals surface area contributed by atoms with E-state index in [-0.39, 0.29) is 6.04 Å². The quantitative estimate of drug-likeness (QED) is 0.741. The van der Waals surface area contributed by atoms with Crippen LogP contribution in [0.15, 0.2) is 4.52 Å². The van der Waals surface area contributed by atoms with E-state index in [1.165, 1.54) is 0 Å². The molecule has 0 radical (unpaired) electrons. The predicted molar refractivity (Wildman–Crippen MR) is 51.7 cm³/mol. The summed E-state index contributed by atoms with van der Waals surface area (Å²) in [6, 6.07) is -0.111. The maximum absolute atomic E-state index is 5.83.